The third-order valence-electron chi connectivity index (χ3n) is 3.75. The van der Waals surface area contributed by atoms with E-state index < -0.39 is 0 Å². The summed E-state index contributed by atoms with van der Waals surface area (Å²) in [6.45, 7) is 3.95. The Morgan fingerprint density at radius 3 is 2.82 bits per heavy atom. The number of fused-ring (bicyclic) bond motifs is 1. The van der Waals surface area contributed by atoms with Gasteiger partial charge in [-0.25, -0.2) is 0 Å². The Kier molecular flexibility index (Phi) is 4.32. The number of para-hydroxylation sites is 1. The molecule has 2 aromatic rings. The maximum Gasteiger partial charge on any atom is 0.225 e. The summed E-state index contributed by atoms with van der Waals surface area (Å²) in [7, 11) is 0. The fraction of sp³-hybridized carbons (Fsp3) is 0.357. The summed E-state index contributed by atoms with van der Waals surface area (Å²) in [5, 5.41) is 19.0. The van der Waals surface area contributed by atoms with Crippen LogP contribution in [0.1, 0.15) is 0 Å². The molecule has 0 atom stereocenters. The van der Waals surface area contributed by atoms with Gasteiger partial charge in [-0.3, -0.25) is 4.57 Å². The van der Waals surface area contributed by atoms with Gasteiger partial charge in [-0.1, -0.05) is 18.2 Å². The van der Waals surface area contributed by atoms with Gasteiger partial charge < -0.3 is 20.5 Å². The lowest BCUT2D eigenvalue weighted by Crippen LogP contribution is -3.13. The largest absolute Gasteiger partial charge is 0.493 e. The van der Waals surface area contributed by atoms with Crippen LogP contribution in [0.15, 0.2) is 34.5 Å². The summed E-state index contributed by atoms with van der Waals surface area (Å²) in [6.07, 6.45) is 0. The van der Waals surface area contributed by atoms with Crippen molar-refractivity contribution >= 4 is 33.9 Å². The fourth-order valence-corrected chi connectivity index (χ4v) is 2.71. The molecule has 0 spiro atoms. The third-order valence-corrected chi connectivity index (χ3v) is 3.83. The number of quaternary nitrogens is 1. The van der Waals surface area contributed by atoms with E-state index in [1.807, 2.05) is 28.8 Å². The zero-order valence-electron chi connectivity index (χ0n) is 12.0. The van der Waals surface area contributed by atoms with E-state index in [0.717, 1.165) is 37.2 Å². The highest BCUT2D eigenvalue weighted by molar-refractivity contribution is 7.80. The number of azo groups is 1. The first-order valence-electron chi connectivity index (χ1n) is 7.09. The first kappa shape index (κ1) is 14.9. The first-order valence-corrected chi connectivity index (χ1v) is 7.50. The first-order chi connectivity index (χ1) is 10.7. The number of hydrogen-bond donors (Lipinski definition) is 3. The minimum absolute atomic E-state index is 0.0602. The van der Waals surface area contributed by atoms with Crippen LogP contribution in [0.4, 0.5) is 5.69 Å². The second-order valence-electron chi connectivity index (χ2n) is 5.18. The molecule has 0 bridgehead atoms. The Hall–Kier alpha value is -2.03. The monoisotopic (exact) mass is 320 g/mol. The molecule has 0 saturated carbocycles. The number of thiocarbonyl (C=S) groups is 1. The van der Waals surface area contributed by atoms with Crippen molar-refractivity contribution in [2.45, 2.75) is 6.67 Å². The molecular formula is C14H18N5O2S+. The Labute approximate surface area is 133 Å². The second kappa shape index (κ2) is 6.39. The van der Waals surface area contributed by atoms with E-state index in [4.69, 9.17) is 22.7 Å². The van der Waals surface area contributed by atoms with Crippen molar-refractivity contribution in [2.24, 2.45) is 16.0 Å². The molecule has 0 aliphatic carbocycles. The predicted molar refractivity (Wildman–Crippen MR) is 86.4 cm³/mol. The SMILES string of the molecule is NC(=S)N=Nc1c(O)n(C[NH+]2CCOCC2)c2ccccc12. The van der Waals surface area contributed by atoms with E-state index >= 15 is 0 Å². The van der Waals surface area contributed by atoms with Crippen molar-refractivity contribution in [3.05, 3.63) is 24.3 Å². The van der Waals surface area contributed by atoms with E-state index in [-0.39, 0.29) is 11.0 Å². The molecule has 1 saturated heterocycles. The van der Waals surface area contributed by atoms with Gasteiger partial charge in [0, 0.05) is 5.39 Å². The summed E-state index contributed by atoms with van der Waals surface area (Å²) in [5.74, 6) is 0.0835. The molecule has 4 N–H and O–H groups in total. The third kappa shape index (κ3) is 2.94. The van der Waals surface area contributed by atoms with Crippen LogP contribution in [0, 0.1) is 0 Å². The molecule has 3 rings (SSSR count). The molecule has 0 amide bonds. The fourth-order valence-electron chi connectivity index (χ4n) is 2.67. The quantitative estimate of drug-likeness (QED) is 0.569. The highest BCUT2D eigenvalue weighted by Gasteiger charge is 2.21. The van der Waals surface area contributed by atoms with Crippen LogP contribution in [0.3, 0.4) is 0 Å². The van der Waals surface area contributed by atoms with E-state index in [2.05, 4.69) is 10.2 Å². The number of nitrogens with zero attached hydrogens (tertiary/aromatic N) is 3. The number of rotatable bonds is 3. The Morgan fingerprint density at radius 2 is 2.09 bits per heavy atom. The number of nitrogens with two attached hydrogens (primary N) is 1. The Bertz CT molecular complexity index is 721. The van der Waals surface area contributed by atoms with Crippen LogP contribution in [0.25, 0.3) is 10.9 Å². The minimum atomic E-state index is -0.0602. The Balaban J connectivity index is 2.01. The predicted octanol–water partition coefficient (Wildman–Crippen LogP) is 0.547. The van der Waals surface area contributed by atoms with E-state index in [1.165, 1.54) is 4.90 Å². The highest BCUT2D eigenvalue weighted by atomic mass is 32.1. The smallest absolute Gasteiger partial charge is 0.225 e. The van der Waals surface area contributed by atoms with Gasteiger partial charge in [-0.15, -0.1) is 10.2 Å². The van der Waals surface area contributed by atoms with Crippen molar-refractivity contribution in [3.8, 4) is 5.88 Å². The molecule has 1 aromatic carbocycles. The topological polar surface area (TPSA) is 89.6 Å². The van der Waals surface area contributed by atoms with Gasteiger partial charge in [0.2, 0.25) is 11.0 Å². The number of ether oxygens (including phenoxy) is 1. The van der Waals surface area contributed by atoms with Crippen LogP contribution in [-0.2, 0) is 11.4 Å². The average Bonchev–Trinajstić information content (AvgIpc) is 2.79. The summed E-state index contributed by atoms with van der Waals surface area (Å²) in [4.78, 5) is 1.35. The van der Waals surface area contributed by atoms with Crippen molar-refractivity contribution in [2.75, 3.05) is 26.3 Å². The molecule has 8 heteroatoms. The van der Waals surface area contributed by atoms with E-state index in [1.54, 1.807) is 0 Å². The lowest BCUT2D eigenvalue weighted by molar-refractivity contribution is -0.930. The molecule has 1 aromatic heterocycles. The van der Waals surface area contributed by atoms with Gasteiger partial charge in [0.05, 0.1) is 18.7 Å². The molecular weight excluding hydrogens is 302 g/mol. The molecule has 22 heavy (non-hydrogen) atoms. The number of aromatic nitrogens is 1. The summed E-state index contributed by atoms with van der Waals surface area (Å²) in [5.41, 5.74) is 6.67. The zero-order valence-corrected chi connectivity index (χ0v) is 12.8. The van der Waals surface area contributed by atoms with Crippen molar-refractivity contribution < 1.29 is 14.7 Å². The second-order valence-corrected chi connectivity index (χ2v) is 5.59. The maximum absolute atomic E-state index is 10.5. The molecule has 0 unspecified atom stereocenters. The van der Waals surface area contributed by atoms with Crippen molar-refractivity contribution in [1.29, 1.82) is 0 Å². The van der Waals surface area contributed by atoms with Crippen LogP contribution >= 0.6 is 12.2 Å². The normalized spacial score (nSPS) is 16.5. The van der Waals surface area contributed by atoms with Crippen molar-refractivity contribution in [3.63, 3.8) is 0 Å². The lowest BCUT2D eigenvalue weighted by Gasteiger charge is -2.24. The van der Waals surface area contributed by atoms with Gasteiger partial charge in [-0.05, 0) is 18.3 Å². The number of benzene rings is 1. The van der Waals surface area contributed by atoms with Gasteiger partial charge in [0.25, 0.3) is 0 Å². The zero-order chi connectivity index (χ0) is 15.5. The van der Waals surface area contributed by atoms with E-state index in [9.17, 15) is 5.11 Å². The molecule has 1 aliphatic rings. The van der Waals surface area contributed by atoms with Gasteiger partial charge >= 0.3 is 0 Å². The van der Waals surface area contributed by atoms with Crippen LogP contribution in [0.2, 0.25) is 0 Å². The Morgan fingerprint density at radius 1 is 1.36 bits per heavy atom. The van der Waals surface area contributed by atoms with Gasteiger partial charge in [0.15, 0.2) is 12.4 Å². The number of nitrogens with one attached hydrogen (secondary N) is 1. The summed E-state index contributed by atoms with van der Waals surface area (Å²) < 4.78 is 7.22. The molecule has 2 heterocycles. The van der Waals surface area contributed by atoms with Crippen LogP contribution in [-0.4, -0.2) is 41.1 Å². The summed E-state index contributed by atoms with van der Waals surface area (Å²) in [6, 6.07) is 7.68. The average molecular weight is 320 g/mol. The van der Waals surface area contributed by atoms with Gasteiger partial charge in [-0.2, -0.15) is 0 Å². The van der Waals surface area contributed by atoms with E-state index in [0.29, 0.717) is 12.4 Å². The number of morpholine rings is 1. The summed E-state index contributed by atoms with van der Waals surface area (Å²) >= 11 is 4.71. The molecule has 0 radical (unpaired) electrons. The van der Waals surface area contributed by atoms with Crippen molar-refractivity contribution in [1.82, 2.24) is 4.57 Å². The minimum Gasteiger partial charge on any atom is -0.493 e. The molecule has 1 fully saturated rings. The number of hydrogen-bond acceptors (Lipinski definition) is 4. The van der Waals surface area contributed by atoms with Gasteiger partial charge in [0.1, 0.15) is 13.1 Å². The molecule has 1 aliphatic heterocycles. The highest BCUT2D eigenvalue weighted by Crippen LogP contribution is 2.38. The van der Waals surface area contributed by atoms with Crippen LogP contribution < -0.4 is 10.6 Å². The number of aromatic hydroxyl groups is 1. The molecule has 7 nitrogen and oxygen atoms in total. The lowest BCUT2D eigenvalue weighted by atomic mass is 10.2. The van der Waals surface area contributed by atoms with Crippen LogP contribution in [0.5, 0.6) is 5.88 Å². The maximum atomic E-state index is 10.5. The molecule has 116 valence electrons. The standard InChI is InChI=1S/C14H17N5O2S/c15-14(22)17-16-12-10-3-1-2-4-11(10)19(13(12)20)9-18-5-7-21-8-6-18/h1-4,20H,5-9H2,(H2,15,22)/p+1.